The third-order valence-corrected chi connectivity index (χ3v) is 7.25. The van der Waals surface area contributed by atoms with Crippen LogP contribution in [0.15, 0.2) is 36.4 Å². The molecular formula is C25H22ClF2N7O3S. The highest BCUT2D eigenvalue weighted by Crippen LogP contribution is 2.36. The molecule has 10 nitrogen and oxygen atoms in total. The SMILES string of the molecule is CN(C)CCNC(=O)c1nc(NC(=O)c2nsc3ccc(F)cc23)c2n1CC(=O)NC2c1cc(F)ccc1Cl. The van der Waals surface area contributed by atoms with Crippen LogP contribution in [-0.4, -0.2) is 63.7 Å². The number of carbonyl (C=O) groups is 3. The number of nitrogens with one attached hydrogen (secondary N) is 3. The van der Waals surface area contributed by atoms with Gasteiger partial charge in [0.25, 0.3) is 11.8 Å². The van der Waals surface area contributed by atoms with Crippen LogP contribution >= 0.6 is 23.1 Å². The van der Waals surface area contributed by atoms with Crippen molar-refractivity contribution in [2.45, 2.75) is 12.6 Å². The van der Waals surface area contributed by atoms with Gasteiger partial charge in [0.2, 0.25) is 11.7 Å². The Bertz CT molecular complexity index is 1620. The van der Waals surface area contributed by atoms with Gasteiger partial charge in [0, 0.05) is 29.1 Å². The Morgan fingerprint density at radius 2 is 1.92 bits per heavy atom. The molecule has 1 unspecified atom stereocenters. The topological polar surface area (TPSA) is 121 Å². The summed E-state index contributed by atoms with van der Waals surface area (Å²) in [6, 6.07) is 6.63. The van der Waals surface area contributed by atoms with Crippen LogP contribution in [-0.2, 0) is 11.3 Å². The molecule has 4 aromatic rings. The number of aromatic nitrogens is 3. The zero-order valence-corrected chi connectivity index (χ0v) is 22.3. The van der Waals surface area contributed by atoms with Gasteiger partial charge in [-0.2, -0.15) is 4.37 Å². The summed E-state index contributed by atoms with van der Waals surface area (Å²) in [5, 5.41) is 8.62. The molecule has 0 radical (unpaired) electrons. The van der Waals surface area contributed by atoms with Crippen LogP contribution in [0, 0.1) is 11.6 Å². The summed E-state index contributed by atoms with van der Waals surface area (Å²) in [7, 11) is 3.70. The normalized spacial score (nSPS) is 14.8. The van der Waals surface area contributed by atoms with E-state index in [-0.39, 0.29) is 40.2 Å². The Labute approximate surface area is 230 Å². The molecule has 1 aliphatic rings. The highest BCUT2D eigenvalue weighted by molar-refractivity contribution is 7.13. The first-order chi connectivity index (χ1) is 18.6. The van der Waals surface area contributed by atoms with Gasteiger partial charge >= 0.3 is 0 Å². The first-order valence-electron chi connectivity index (χ1n) is 11.8. The Kier molecular flexibility index (Phi) is 7.30. The predicted molar refractivity (Wildman–Crippen MR) is 142 cm³/mol. The van der Waals surface area contributed by atoms with Crippen molar-refractivity contribution in [1.29, 1.82) is 0 Å². The van der Waals surface area contributed by atoms with E-state index < -0.39 is 35.4 Å². The lowest BCUT2D eigenvalue weighted by atomic mass is 10.0. The number of anilines is 1. The second-order valence-corrected chi connectivity index (χ2v) is 10.3. The summed E-state index contributed by atoms with van der Waals surface area (Å²) in [5.74, 6) is -3.04. The minimum Gasteiger partial charge on any atom is -0.348 e. The van der Waals surface area contributed by atoms with E-state index >= 15 is 0 Å². The van der Waals surface area contributed by atoms with Gasteiger partial charge in [0.1, 0.15) is 23.9 Å². The zero-order chi connectivity index (χ0) is 27.8. The molecule has 39 heavy (non-hydrogen) atoms. The quantitative estimate of drug-likeness (QED) is 0.312. The number of carbonyl (C=O) groups excluding carboxylic acids is 3. The van der Waals surface area contributed by atoms with E-state index in [1.54, 1.807) is 0 Å². The van der Waals surface area contributed by atoms with Crippen molar-refractivity contribution >= 4 is 56.8 Å². The first kappa shape index (κ1) is 26.7. The van der Waals surface area contributed by atoms with Crippen molar-refractivity contribution in [3.8, 4) is 0 Å². The molecule has 14 heteroatoms. The maximum atomic E-state index is 14.2. The number of imidazole rings is 1. The van der Waals surface area contributed by atoms with Crippen molar-refractivity contribution in [2.75, 3.05) is 32.5 Å². The van der Waals surface area contributed by atoms with Gasteiger partial charge in [0.15, 0.2) is 5.82 Å². The van der Waals surface area contributed by atoms with Gasteiger partial charge in [-0.25, -0.2) is 13.8 Å². The molecule has 202 valence electrons. The molecule has 2 aromatic carbocycles. The average Bonchev–Trinajstić information content (AvgIpc) is 3.46. The minimum absolute atomic E-state index is 0.0339. The number of hydrogen-bond acceptors (Lipinski definition) is 7. The Morgan fingerprint density at radius 3 is 2.69 bits per heavy atom. The van der Waals surface area contributed by atoms with Crippen LogP contribution in [0.5, 0.6) is 0 Å². The van der Waals surface area contributed by atoms with E-state index in [0.29, 0.717) is 23.2 Å². The number of amides is 3. The van der Waals surface area contributed by atoms with E-state index in [9.17, 15) is 23.2 Å². The number of likely N-dealkylation sites (N-methyl/N-ethyl adjacent to an activating group) is 1. The number of hydrogen-bond donors (Lipinski definition) is 3. The average molecular weight is 574 g/mol. The molecule has 3 N–H and O–H groups in total. The molecule has 1 atom stereocenters. The maximum absolute atomic E-state index is 14.2. The van der Waals surface area contributed by atoms with Crippen molar-refractivity contribution in [1.82, 2.24) is 29.5 Å². The summed E-state index contributed by atoms with van der Waals surface area (Å²) in [6.07, 6.45) is 0. The highest BCUT2D eigenvalue weighted by atomic mass is 35.5. The fourth-order valence-corrected chi connectivity index (χ4v) is 5.26. The van der Waals surface area contributed by atoms with E-state index in [0.717, 1.165) is 17.6 Å². The monoisotopic (exact) mass is 573 g/mol. The van der Waals surface area contributed by atoms with Gasteiger partial charge < -0.3 is 25.4 Å². The highest BCUT2D eigenvalue weighted by Gasteiger charge is 2.36. The van der Waals surface area contributed by atoms with Gasteiger partial charge in [0.05, 0.1) is 16.4 Å². The lowest BCUT2D eigenvalue weighted by Gasteiger charge is -2.28. The molecular weight excluding hydrogens is 552 g/mol. The number of nitrogens with zero attached hydrogens (tertiary/aromatic N) is 4. The smallest absolute Gasteiger partial charge is 0.287 e. The van der Waals surface area contributed by atoms with Crippen molar-refractivity contribution in [3.05, 3.63) is 75.8 Å². The van der Waals surface area contributed by atoms with Crippen LogP contribution in [0.2, 0.25) is 5.02 Å². The summed E-state index contributed by atoms with van der Waals surface area (Å²) >= 11 is 7.39. The molecule has 5 rings (SSSR count). The fourth-order valence-electron chi connectivity index (χ4n) is 4.28. The van der Waals surface area contributed by atoms with Crippen molar-refractivity contribution in [2.24, 2.45) is 0 Å². The van der Waals surface area contributed by atoms with E-state index in [1.165, 1.54) is 34.9 Å². The molecule has 0 spiro atoms. The predicted octanol–water partition coefficient (Wildman–Crippen LogP) is 3.19. The van der Waals surface area contributed by atoms with Gasteiger partial charge in [-0.1, -0.05) is 11.6 Å². The number of benzene rings is 2. The molecule has 3 amide bonds. The van der Waals surface area contributed by atoms with Crippen LogP contribution in [0.4, 0.5) is 14.6 Å². The largest absolute Gasteiger partial charge is 0.348 e. The third kappa shape index (κ3) is 5.33. The van der Waals surface area contributed by atoms with Gasteiger partial charge in [-0.3, -0.25) is 14.4 Å². The van der Waals surface area contributed by atoms with E-state index in [4.69, 9.17) is 11.6 Å². The Hall–Kier alpha value is -3.94. The molecule has 2 aromatic heterocycles. The standard InChI is InChI=1S/C25H22ClF2N7O3S/c1-34(2)8-7-29-25(38)23-31-22(32-24(37)20-15-10-13(28)4-6-17(15)39-33-20)21-19(30-18(36)11-35(21)23)14-9-12(27)3-5-16(14)26/h3-6,9-10,19H,7-8,11H2,1-2H3,(H,29,38)(H,30,36)(H,32,37). The molecule has 1 aliphatic heterocycles. The van der Waals surface area contributed by atoms with Crippen LogP contribution in [0.1, 0.15) is 38.4 Å². The number of rotatable bonds is 7. The minimum atomic E-state index is -1.04. The lowest BCUT2D eigenvalue weighted by molar-refractivity contribution is -0.123. The summed E-state index contributed by atoms with van der Waals surface area (Å²) < 4.78 is 34.3. The molecule has 0 saturated heterocycles. The maximum Gasteiger partial charge on any atom is 0.287 e. The number of fused-ring (bicyclic) bond motifs is 2. The lowest BCUT2D eigenvalue weighted by Crippen LogP contribution is -2.41. The summed E-state index contributed by atoms with van der Waals surface area (Å²) in [5.41, 5.74) is 0.398. The molecule has 0 aliphatic carbocycles. The Balaban J connectivity index is 1.59. The second-order valence-electron chi connectivity index (χ2n) is 9.11. The van der Waals surface area contributed by atoms with E-state index in [2.05, 4.69) is 25.3 Å². The molecule has 0 fully saturated rings. The third-order valence-electron chi connectivity index (χ3n) is 6.08. The molecule has 0 saturated carbocycles. The molecule has 3 heterocycles. The number of halogens is 3. The second kappa shape index (κ2) is 10.7. The molecule has 0 bridgehead atoms. The van der Waals surface area contributed by atoms with Crippen LogP contribution in [0.3, 0.4) is 0 Å². The van der Waals surface area contributed by atoms with Crippen LogP contribution < -0.4 is 16.0 Å². The fraction of sp³-hybridized carbons (Fsp3) is 0.240. The van der Waals surface area contributed by atoms with Crippen molar-refractivity contribution in [3.63, 3.8) is 0 Å². The van der Waals surface area contributed by atoms with E-state index in [1.807, 2.05) is 19.0 Å². The first-order valence-corrected chi connectivity index (χ1v) is 12.9. The van der Waals surface area contributed by atoms with Crippen LogP contribution in [0.25, 0.3) is 10.1 Å². The summed E-state index contributed by atoms with van der Waals surface area (Å²) in [4.78, 5) is 45.4. The van der Waals surface area contributed by atoms with Gasteiger partial charge in [-0.05, 0) is 62.0 Å². The van der Waals surface area contributed by atoms with Gasteiger partial charge in [-0.15, -0.1) is 0 Å². The van der Waals surface area contributed by atoms with Crippen molar-refractivity contribution < 1.29 is 23.2 Å². The summed E-state index contributed by atoms with van der Waals surface area (Å²) in [6.45, 7) is 0.582. The Morgan fingerprint density at radius 1 is 1.18 bits per heavy atom. The zero-order valence-electron chi connectivity index (χ0n) is 20.7.